The van der Waals surface area contributed by atoms with Crippen LogP contribution in [-0.4, -0.2) is 43.3 Å². The summed E-state index contributed by atoms with van der Waals surface area (Å²) in [5.74, 6) is -0.554. The van der Waals surface area contributed by atoms with E-state index in [4.69, 9.17) is 0 Å². The first-order valence-corrected chi connectivity index (χ1v) is 9.91. The van der Waals surface area contributed by atoms with Crippen LogP contribution in [0.15, 0.2) is 59.8 Å². The first kappa shape index (κ1) is 20.4. The minimum atomic E-state index is -0.485. The van der Waals surface area contributed by atoms with Gasteiger partial charge in [0.2, 0.25) is 5.16 Å². The van der Waals surface area contributed by atoms with Crippen LogP contribution >= 0.6 is 11.8 Å². The molecule has 0 saturated heterocycles. The summed E-state index contributed by atoms with van der Waals surface area (Å²) in [6.45, 7) is 0. The van der Waals surface area contributed by atoms with E-state index in [1.54, 1.807) is 30.3 Å². The number of rotatable bonds is 6. The number of hydrogen-bond acceptors (Lipinski definition) is 8. The smallest absolute Gasteiger partial charge is 0.316 e. The number of halogens is 1. The summed E-state index contributed by atoms with van der Waals surface area (Å²) < 4.78 is 19.5. The average molecular weight is 439 g/mol. The van der Waals surface area contributed by atoms with Crippen molar-refractivity contribution < 1.29 is 18.8 Å². The lowest BCUT2D eigenvalue weighted by atomic mass is 10.1. The van der Waals surface area contributed by atoms with Crippen molar-refractivity contribution in [1.29, 1.82) is 0 Å². The third kappa shape index (κ3) is 4.36. The minimum Gasteiger partial charge on any atom is -0.468 e. The van der Waals surface area contributed by atoms with Crippen LogP contribution in [0.3, 0.4) is 0 Å². The molecule has 0 aliphatic rings. The van der Waals surface area contributed by atoms with Crippen molar-refractivity contribution in [3.8, 4) is 22.5 Å². The fourth-order valence-electron chi connectivity index (χ4n) is 2.85. The number of carbonyl (C=O) groups excluding carboxylic acids is 1. The molecule has 4 rings (SSSR count). The molecule has 2 heterocycles. The van der Waals surface area contributed by atoms with Crippen molar-refractivity contribution in [2.75, 3.05) is 12.9 Å². The van der Waals surface area contributed by atoms with Crippen molar-refractivity contribution in [2.24, 2.45) is 0 Å². The van der Waals surface area contributed by atoms with Gasteiger partial charge in [0.05, 0.1) is 29.2 Å². The zero-order valence-electron chi connectivity index (χ0n) is 16.1. The molecule has 0 N–H and O–H groups in total. The molecule has 0 unspecified atom stereocenters. The molecule has 156 valence electrons. The average Bonchev–Trinajstić information content (AvgIpc) is 3.20. The molecular weight excluding hydrogens is 425 g/mol. The third-order valence-corrected chi connectivity index (χ3v) is 5.14. The molecule has 0 bridgehead atoms. The van der Waals surface area contributed by atoms with Crippen molar-refractivity contribution in [1.82, 2.24) is 19.6 Å². The Hall–Kier alpha value is -3.86. The van der Waals surface area contributed by atoms with Crippen LogP contribution in [0.4, 0.5) is 10.1 Å². The quantitative estimate of drug-likeness (QED) is 0.193. The van der Waals surface area contributed by atoms with Crippen molar-refractivity contribution in [3.63, 3.8) is 0 Å². The standard InChI is InChI=1S/C20H14FN5O4S/c1-30-18(27)11-31-20-23-19-22-16(13-3-2-4-15(9-13)26(28)29)10-17(25(19)24-20)12-5-7-14(21)8-6-12/h2-10H,11H2,1H3. The van der Waals surface area contributed by atoms with E-state index >= 15 is 0 Å². The highest BCUT2D eigenvalue weighted by atomic mass is 32.2. The molecule has 0 saturated carbocycles. The van der Waals surface area contributed by atoms with E-state index in [0.717, 1.165) is 11.8 Å². The van der Waals surface area contributed by atoms with Crippen LogP contribution in [0.5, 0.6) is 0 Å². The SMILES string of the molecule is COC(=O)CSc1nc2nc(-c3cccc([N+](=O)[O-])c3)cc(-c3ccc(F)cc3)n2n1. The normalized spacial score (nSPS) is 10.9. The van der Waals surface area contributed by atoms with Gasteiger partial charge in [-0.05, 0) is 30.3 Å². The predicted octanol–water partition coefficient (Wildman–Crippen LogP) is 3.77. The molecule has 0 radical (unpaired) electrons. The monoisotopic (exact) mass is 439 g/mol. The number of nitro benzene ring substituents is 1. The van der Waals surface area contributed by atoms with Gasteiger partial charge < -0.3 is 4.74 Å². The lowest BCUT2D eigenvalue weighted by Crippen LogP contribution is -2.03. The molecule has 31 heavy (non-hydrogen) atoms. The number of ether oxygens (including phenoxy) is 1. The van der Waals surface area contributed by atoms with Crippen LogP contribution in [0.2, 0.25) is 0 Å². The number of benzene rings is 2. The Morgan fingerprint density at radius 2 is 1.94 bits per heavy atom. The van der Waals surface area contributed by atoms with Gasteiger partial charge in [-0.3, -0.25) is 14.9 Å². The number of aromatic nitrogens is 4. The van der Waals surface area contributed by atoms with E-state index in [1.165, 1.54) is 35.9 Å². The molecule has 0 aliphatic carbocycles. The molecule has 0 atom stereocenters. The van der Waals surface area contributed by atoms with Gasteiger partial charge in [0, 0.05) is 23.3 Å². The van der Waals surface area contributed by atoms with Gasteiger partial charge in [0.1, 0.15) is 5.82 Å². The van der Waals surface area contributed by atoms with E-state index in [-0.39, 0.29) is 23.0 Å². The number of fused-ring (bicyclic) bond motifs is 1. The summed E-state index contributed by atoms with van der Waals surface area (Å²) in [6, 6.07) is 13.6. The zero-order chi connectivity index (χ0) is 22.0. The van der Waals surface area contributed by atoms with E-state index in [0.29, 0.717) is 27.7 Å². The van der Waals surface area contributed by atoms with Crippen LogP contribution < -0.4 is 0 Å². The van der Waals surface area contributed by atoms with E-state index in [1.807, 2.05) is 0 Å². The highest BCUT2D eigenvalue weighted by Gasteiger charge is 2.16. The Morgan fingerprint density at radius 3 is 2.65 bits per heavy atom. The van der Waals surface area contributed by atoms with Gasteiger partial charge in [-0.2, -0.15) is 9.50 Å². The van der Waals surface area contributed by atoms with Gasteiger partial charge in [-0.15, -0.1) is 5.10 Å². The van der Waals surface area contributed by atoms with Crippen LogP contribution in [-0.2, 0) is 9.53 Å². The molecule has 11 heteroatoms. The first-order chi connectivity index (χ1) is 14.9. The van der Waals surface area contributed by atoms with Gasteiger partial charge in [-0.1, -0.05) is 23.9 Å². The molecular formula is C20H14FN5O4S. The highest BCUT2D eigenvalue weighted by molar-refractivity contribution is 7.99. The summed E-state index contributed by atoms with van der Waals surface area (Å²) in [5, 5.41) is 15.9. The summed E-state index contributed by atoms with van der Waals surface area (Å²) in [4.78, 5) is 30.9. The molecule has 0 amide bonds. The van der Waals surface area contributed by atoms with Crippen molar-refractivity contribution >= 4 is 29.2 Å². The summed E-state index contributed by atoms with van der Waals surface area (Å²) in [7, 11) is 1.29. The molecule has 2 aromatic carbocycles. The van der Waals surface area contributed by atoms with Gasteiger partial charge >= 0.3 is 5.97 Å². The number of non-ortho nitro benzene ring substituents is 1. The Labute approximate surface area is 179 Å². The fourth-order valence-corrected chi connectivity index (χ4v) is 3.50. The molecule has 2 aromatic heterocycles. The minimum absolute atomic E-state index is 0.0248. The lowest BCUT2D eigenvalue weighted by Gasteiger charge is -2.08. The summed E-state index contributed by atoms with van der Waals surface area (Å²) in [5.41, 5.74) is 2.09. The second-order valence-electron chi connectivity index (χ2n) is 6.31. The molecule has 9 nitrogen and oxygen atoms in total. The number of methoxy groups -OCH3 is 1. The fraction of sp³-hybridized carbons (Fsp3) is 0.100. The topological polar surface area (TPSA) is 113 Å². The summed E-state index contributed by atoms with van der Waals surface area (Å²) in [6.07, 6.45) is 0. The largest absolute Gasteiger partial charge is 0.468 e. The Balaban J connectivity index is 1.86. The number of carbonyl (C=O) groups is 1. The predicted molar refractivity (Wildman–Crippen MR) is 111 cm³/mol. The van der Waals surface area contributed by atoms with Gasteiger partial charge in [0.15, 0.2) is 0 Å². The van der Waals surface area contributed by atoms with Gasteiger partial charge in [0.25, 0.3) is 11.5 Å². The second kappa shape index (κ2) is 8.48. The second-order valence-corrected chi connectivity index (χ2v) is 7.25. The van der Waals surface area contributed by atoms with E-state index in [9.17, 15) is 19.3 Å². The number of hydrogen-bond donors (Lipinski definition) is 0. The maximum atomic E-state index is 13.4. The Bertz CT molecular complexity index is 1290. The molecule has 0 fully saturated rings. The first-order valence-electron chi connectivity index (χ1n) is 8.93. The van der Waals surface area contributed by atoms with Crippen LogP contribution in [0.1, 0.15) is 0 Å². The summed E-state index contributed by atoms with van der Waals surface area (Å²) >= 11 is 1.09. The maximum absolute atomic E-state index is 13.4. The number of nitro groups is 1. The van der Waals surface area contributed by atoms with E-state index in [2.05, 4.69) is 19.8 Å². The lowest BCUT2D eigenvalue weighted by molar-refractivity contribution is -0.384. The van der Waals surface area contributed by atoms with E-state index < -0.39 is 10.9 Å². The Kier molecular flexibility index (Phi) is 5.58. The van der Waals surface area contributed by atoms with Crippen molar-refractivity contribution in [3.05, 3.63) is 70.5 Å². The molecule has 0 aliphatic heterocycles. The number of thioether (sulfide) groups is 1. The number of esters is 1. The Morgan fingerprint density at radius 1 is 1.16 bits per heavy atom. The molecule has 0 spiro atoms. The zero-order valence-corrected chi connectivity index (χ0v) is 16.9. The van der Waals surface area contributed by atoms with Crippen LogP contribution in [0.25, 0.3) is 28.3 Å². The van der Waals surface area contributed by atoms with Crippen molar-refractivity contribution in [2.45, 2.75) is 5.16 Å². The maximum Gasteiger partial charge on any atom is 0.316 e. The molecule has 4 aromatic rings. The number of nitrogens with zero attached hydrogens (tertiary/aromatic N) is 5. The van der Waals surface area contributed by atoms with Gasteiger partial charge in [-0.25, -0.2) is 9.37 Å². The third-order valence-electron chi connectivity index (χ3n) is 4.33. The van der Waals surface area contributed by atoms with Crippen LogP contribution in [0, 0.1) is 15.9 Å². The highest BCUT2D eigenvalue weighted by Crippen LogP contribution is 2.29.